The van der Waals surface area contributed by atoms with Crippen LogP contribution in [-0.2, 0) is 6.54 Å². The molecule has 0 bridgehead atoms. The number of H-pyrrole nitrogens is 1. The molecule has 5 nitrogen and oxygen atoms in total. The lowest BCUT2D eigenvalue weighted by Crippen LogP contribution is -2.34. The number of rotatable bonds is 4. The number of imidazole rings is 1. The molecular formula is C16H20N4O. The van der Waals surface area contributed by atoms with E-state index in [1.165, 1.54) is 18.4 Å². The number of nitrogens with two attached hydrogens (primary N) is 1. The zero-order valence-corrected chi connectivity index (χ0v) is 12.0. The van der Waals surface area contributed by atoms with Gasteiger partial charge in [-0.15, -0.1) is 0 Å². The predicted octanol–water partition coefficient (Wildman–Crippen LogP) is 1.89. The van der Waals surface area contributed by atoms with Gasteiger partial charge in [-0.2, -0.15) is 0 Å². The molecule has 1 aromatic heterocycles. The van der Waals surface area contributed by atoms with Crippen LogP contribution in [0.2, 0.25) is 0 Å². The fourth-order valence-corrected chi connectivity index (χ4v) is 2.96. The number of nitrogens with zero attached hydrogens (tertiary/aromatic N) is 2. The lowest BCUT2D eigenvalue weighted by atomic mass is 9.97. The molecule has 0 spiro atoms. The highest BCUT2D eigenvalue weighted by Gasteiger charge is 2.22. The molecular weight excluding hydrogens is 264 g/mol. The largest absolute Gasteiger partial charge is 0.366 e. The number of piperidine rings is 1. The molecule has 1 amide bonds. The maximum Gasteiger partial charge on any atom is 0.248 e. The summed E-state index contributed by atoms with van der Waals surface area (Å²) in [4.78, 5) is 21.1. The van der Waals surface area contributed by atoms with E-state index in [9.17, 15) is 4.79 Å². The zero-order chi connectivity index (χ0) is 14.7. The minimum atomic E-state index is -0.377. The van der Waals surface area contributed by atoms with Crippen molar-refractivity contribution in [1.29, 1.82) is 0 Å². The summed E-state index contributed by atoms with van der Waals surface area (Å²) in [6.07, 6.45) is 6.07. The molecule has 3 N–H and O–H groups in total. The lowest BCUT2D eigenvalue weighted by Gasteiger charge is -2.31. The Morgan fingerprint density at radius 1 is 1.38 bits per heavy atom. The highest BCUT2D eigenvalue weighted by Crippen LogP contribution is 2.25. The summed E-state index contributed by atoms with van der Waals surface area (Å²) in [5, 5.41) is 0. The first-order valence-corrected chi connectivity index (χ1v) is 7.33. The summed E-state index contributed by atoms with van der Waals surface area (Å²) in [7, 11) is 0. The van der Waals surface area contributed by atoms with Crippen LogP contribution in [0.3, 0.4) is 0 Å². The van der Waals surface area contributed by atoms with E-state index in [0.29, 0.717) is 11.5 Å². The number of carbonyl (C=O) groups is 1. The summed E-state index contributed by atoms with van der Waals surface area (Å²) < 4.78 is 0. The molecule has 1 atom stereocenters. The third kappa shape index (κ3) is 3.31. The van der Waals surface area contributed by atoms with Gasteiger partial charge in [0.2, 0.25) is 5.91 Å². The fraction of sp³-hybridized carbons (Fsp3) is 0.375. The second-order valence-corrected chi connectivity index (χ2v) is 5.61. The van der Waals surface area contributed by atoms with Gasteiger partial charge in [-0.05, 0) is 37.1 Å². The van der Waals surface area contributed by atoms with E-state index in [4.69, 9.17) is 5.73 Å². The monoisotopic (exact) mass is 284 g/mol. The molecule has 0 radical (unpaired) electrons. The van der Waals surface area contributed by atoms with Crippen LogP contribution in [0, 0.1) is 0 Å². The molecule has 1 aliphatic heterocycles. The third-order valence-electron chi connectivity index (χ3n) is 4.06. The van der Waals surface area contributed by atoms with Crippen molar-refractivity contribution in [2.45, 2.75) is 25.3 Å². The van der Waals surface area contributed by atoms with Crippen molar-refractivity contribution in [3.05, 3.63) is 53.6 Å². The number of benzene rings is 1. The Labute approximate surface area is 124 Å². The van der Waals surface area contributed by atoms with Crippen molar-refractivity contribution in [2.75, 3.05) is 13.1 Å². The van der Waals surface area contributed by atoms with Crippen LogP contribution < -0.4 is 5.73 Å². The molecule has 2 aromatic rings. The van der Waals surface area contributed by atoms with E-state index in [-0.39, 0.29) is 5.91 Å². The molecule has 110 valence electrons. The standard InChI is InChI=1S/C16H20N4O/c17-15(21)13-5-3-12(4-6-13)10-20-9-1-2-14(11-20)16-18-7-8-19-16/h3-8,14H,1-2,9-11H2,(H2,17,21)(H,18,19). The van der Waals surface area contributed by atoms with Gasteiger partial charge < -0.3 is 10.7 Å². The molecule has 3 rings (SSSR count). The van der Waals surface area contributed by atoms with Crippen molar-refractivity contribution in [3.8, 4) is 0 Å². The normalized spacial score (nSPS) is 19.5. The third-order valence-corrected chi connectivity index (χ3v) is 4.06. The molecule has 0 saturated carbocycles. The maximum atomic E-state index is 11.1. The lowest BCUT2D eigenvalue weighted by molar-refractivity contribution is 0.100. The number of aromatic amines is 1. The van der Waals surface area contributed by atoms with E-state index in [1.54, 1.807) is 12.1 Å². The van der Waals surface area contributed by atoms with Gasteiger partial charge in [0.15, 0.2) is 0 Å². The Bertz CT molecular complexity index is 591. The first-order valence-electron chi connectivity index (χ1n) is 7.33. The molecule has 1 unspecified atom stereocenters. The van der Waals surface area contributed by atoms with Crippen LogP contribution in [0.1, 0.15) is 40.5 Å². The van der Waals surface area contributed by atoms with Crippen molar-refractivity contribution < 1.29 is 4.79 Å². The number of hydrogen-bond donors (Lipinski definition) is 2. The zero-order valence-electron chi connectivity index (χ0n) is 12.0. The molecule has 1 saturated heterocycles. The van der Waals surface area contributed by atoms with Crippen molar-refractivity contribution in [3.63, 3.8) is 0 Å². The highest BCUT2D eigenvalue weighted by atomic mass is 16.1. The Kier molecular flexibility index (Phi) is 4.01. The van der Waals surface area contributed by atoms with Gasteiger partial charge in [-0.25, -0.2) is 4.98 Å². The number of amides is 1. The van der Waals surface area contributed by atoms with Gasteiger partial charge in [0.1, 0.15) is 5.82 Å². The average Bonchev–Trinajstić information content (AvgIpc) is 3.02. The number of aromatic nitrogens is 2. The topological polar surface area (TPSA) is 75.0 Å². The summed E-state index contributed by atoms with van der Waals surface area (Å²) in [6.45, 7) is 3.02. The molecule has 0 aliphatic carbocycles. The quantitative estimate of drug-likeness (QED) is 0.900. The molecule has 21 heavy (non-hydrogen) atoms. The summed E-state index contributed by atoms with van der Waals surface area (Å²) >= 11 is 0. The number of primary amides is 1. The minimum absolute atomic E-state index is 0.377. The van der Waals surface area contributed by atoms with Crippen molar-refractivity contribution in [1.82, 2.24) is 14.9 Å². The van der Waals surface area contributed by atoms with Crippen LogP contribution in [0.5, 0.6) is 0 Å². The maximum absolute atomic E-state index is 11.1. The van der Waals surface area contributed by atoms with Gasteiger partial charge in [-0.3, -0.25) is 9.69 Å². The molecule has 5 heteroatoms. The highest BCUT2D eigenvalue weighted by molar-refractivity contribution is 5.92. The Morgan fingerprint density at radius 2 is 2.19 bits per heavy atom. The van der Waals surface area contributed by atoms with E-state index in [1.807, 2.05) is 24.5 Å². The fourth-order valence-electron chi connectivity index (χ4n) is 2.96. The Morgan fingerprint density at radius 3 is 2.86 bits per heavy atom. The average molecular weight is 284 g/mol. The van der Waals surface area contributed by atoms with E-state index in [0.717, 1.165) is 25.5 Å². The van der Waals surface area contributed by atoms with E-state index < -0.39 is 0 Å². The predicted molar refractivity (Wildman–Crippen MR) is 80.8 cm³/mol. The number of likely N-dealkylation sites (tertiary alicyclic amines) is 1. The molecule has 1 fully saturated rings. The molecule has 1 aliphatic rings. The van der Waals surface area contributed by atoms with Gasteiger partial charge in [0.05, 0.1) is 0 Å². The van der Waals surface area contributed by atoms with Crippen molar-refractivity contribution >= 4 is 5.91 Å². The Hall–Kier alpha value is -2.14. The van der Waals surface area contributed by atoms with E-state index in [2.05, 4.69) is 14.9 Å². The first-order chi connectivity index (χ1) is 10.2. The second kappa shape index (κ2) is 6.10. The summed E-state index contributed by atoms with van der Waals surface area (Å²) in [5.41, 5.74) is 7.03. The number of nitrogens with one attached hydrogen (secondary N) is 1. The first kappa shape index (κ1) is 13.8. The minimum Gasteiger partial charge on any atom is -0.366 e. The summed E-state index contributed by atoms with van der Waals surface area (Å²) in [5.74, 6) is 1.19. The van der Waals surface area contributed by atoms with Gasteiger partial charge >= 0.3 is 0 Å². The van der Waals surface area contributed by atoms with Crippen LogP contribution >= 0.6 is 0 Å². The van der Waals surface area contributed by atoms with Gasteiger partial charge in [0, 0.05) is 37.0 Å². The smallest absolute Gasteiger partial charge is 0.248 e. The Balaban J connectivity index is 1.63. The molecule has 2 heterocycles. The number of carbonyl (C=O) groups excluding carboxylic acids is 1. The van der Waals surface area contributed by atoms with Crippen LogP contribution in [0.15, 0.2) is 36.7 Å². The second-order valence-electron chi connectivity index (χ2n) is 5.61. The number of hydrogen-bond acceptors (Lipinski definition) is 3. The van der Waals surface area contributed by atoms with Gasteiger partial charge in [-0.1, -0.05) is 12.1 Å². The van der Waals surface area contributed by atoms with Gasteiger partial charge in [0.25, 0.3) is 0 Å². The van der Waals surface area contributed by atoms with Crippen LogP contribution in [0.4, 0.5) is 0 Å². The van der Waals surface area contributed by atoms with E-state index >= 15 is 0 Å². The van der Waals surface area contributed by atoms with Crippen molar-refractivity contribution in [2.24, 2.45) is 5.73 Å². The SMILES string of the molecule is NC(=O)c1ccc(CN2CCCC(c3ncc[nH]3)C2)cc1. The summed E-state index contributed by atoms with van der Waals surface area (Å²) in [6, 6.07) is 7.56. The molecule has 1 aromatic carbocycles. The van der Waals surface area contributed by atoms with Crippen LogP contribution in [0.25, 0.3) is 0 Å². The van der Waals surface area contributed by atoms with Crippen LogP contribution in [-0.4, -0.2) is 33.9 Å².